The van der Waals surface area contributed by atoms with E-state index in [-0.39, 0.29) is 0 Å². The third-order valence-electron chi connectivity index (χ3n) is 5.47. The third-order valence-corrected chi connectivity index (χ3v) is 5.47. The van der Waals surface area contributed by atoms with Crippen molar-refractivity contribution in [2.75, 3.05) is 13.1 Å². The number of nitrogens with one attached hydrogen (secondary N) is 1. The van der Waals surface area contributed by atoms with Gasteiger partial charge in [-0.15, -0.1) is 0 Å². The van der Waals surface area contributed by atoms with E-state index in [1.165, 1.54) is 57.8 Å². The molecule has 0 bridgehead atoms. The molecule has 2 heteroatoms. The van der Waals surface area contributed by atoms with Crippen LogP contribution in [0.1, 0.15) is 78.6 Å². The summed E-state index contributed by atoms with van der Waals surface area (Å²) in [6.45, 7) is 8.90. The summed E-state index contributed by atoms with van der Waals surface area (Å²) < 4.78 is 0. The Morgan fingerprint density at radius 3 is 1.83 bits per heavy atom. The Morgan fingerprint density at radius 2 is 1.44 bits per heavy atom. The Morgan fingerprint density at radius 1 is 0.944 bits per heavy atom. The second-order valence-electron chi connectivity index (χ2n) is 6.31. The number of hydrogen-bond donors (Lipinski definition) is 2. The second kappa shape index (κ2) is 7.49. The fourth-order valence-corrected chi connectivity index (χ4v) is 3.43. The van der Waals surface area contributed by atoms with Crippen molar-refractivity contribution in [3.8, 4) is 0 Å². The van der Waals surface area contributed by atoms with Gasteiger partial charge in [0.15, 0.2) is 0 Å². The normalized spacial score (nSPS) is 20.7. The lowest BCUT2D eigenvalue weighted by Crippen LogP contribution is -2.50. The van der Waals surface area contributed by atoms with Crippen LogP contribution >= 0.6 is 0 Å². The summed E-state index contributed by atoms with van der Waals surface area (Å²) in [7, 11) is 0. The van der Waals surface area contributed by atoms with Gasteiger partial charge in [0.2, 0.25) is 0 Å². The summed E-state index contributed by atoms with van der Waals surface area (Å²) in [4.78, 5) is 0. The lowest BCUT2D eigenvalue weighted by Gasteiger charge is -2.39. The predicted molar refractivity (Wildman–Crippen MR) is 80.8 cm³/mol. The molecule has 108 valence electrons. The molecule has 1 rings (SSSR count). The zero-order valence-electron chi connectivity index (χ0n) is 12.9. The molecule has 1 saturated carbocycles. The average molecular weight is 254 g/mol. The van der Waals surface area contributed by atoms with Crippen molar-refractivity contribution in [1.29, 1.82) is 0 Å². The SMILES string of the molecule is CCC(CC)(CC)NCC1(CN)CCCCCC1. The van der Waals surface area contributed by atoms with Crippen LogP contribution in [0.5, 0.6) is 0 Å². The summed E-state index contributed by atoms with van der Waals surface area (Å²) in [6.07, 6.45) is 11.9. The molecular weight excluding hydrogens is 220 g/mol. The molecule has 0 atom stereocenters. The van der Waals surface area contributed by atoms with E-state index in [0.717, 1.165) is 13.1 Å². The van der Waals surface area contributed by atoms with E-state index in [9.17, 15) is 0 Å². The van der Waals surface area contributed by atoms with Crippen molar-refractivity contribution in [2.24, 2.45) is 11.1 Å². The fourth-order valence-electron chi connectivity index (χ4n) is 3.43. The van der Waals surface area contributed by atoms with Gasteiger partial charge in [-0.05, 0) is 44.1 Å². The maximum atomic E-state index is 6.12. The highest BCUT2D eigenvalue weighted by atomic mass is 15.0. The van der Waals surface area contributed by atoms with Gasteiger partial charge in [0, 0.05) is 12.1 Å². The highest BCUT2D eigenvalue weighted by Gasteiger charge is 2.32. The molecule has 0 aliphatic heterocycles. The van der Waals surface area contributed by atoms with E-state index >= 15 is 0 Å². The Kier molecular flexibility index (Phi) is 6.65. The lowest BCUT2D eigenvalue weighted by molar-refractivity contribution is 0.188. The summed E-state index contributed by atoms with van der Waals surface area (Å²) in [5.74, 6) is 0. The summed E-state index contributed by atoms with van der Waals surface area (Å²) in [5, 5.41) is 3.89. The topological polar surface area (TPSA) is 38.0 Å². The fraction of sp³-hybridized carbons (Fsp3) is 1.00. The first-order valence-electron chi connectivity index (χ1n) is 8.11. The molecule has 0 amide bonds. The molecule has 0 unspecified atom stereocenters. The maximum absolute atomic E-state index is 6.12. The summed E-state index contributed by atoms with van der Waals surface area (Å²) in [6, 6.07) is 0. The van der Waals surface area contributed by atoms with Gasteiger partial charge >= 0.3 is 0 Å². The van der Waals surface area contributed by atoms with Crippen molar-refractivity contribution < 1.29 is 0 Å². The van der Waals surface area contributed by atoms with Crippen molar-refractivity contribution in [1.82, 2.24) is 5.32 Å². The van der Waals surface area contributed by atoms with Crippen molar-refractivity contribution in [2.45, 2.75) is 84.1 Å². The van der Waals surface area contributed by atoms with Crippen LogP contribution in [0.2, 0.25) is 0 Å². The smallest absolute Gasteiger partial charge is 0.0173 e. The number of hydrogen-bond acceptors (Lipinski definition) is 2. The van der Waals surface area contributed by atoms with Crippen LogP contribution < -0.4 is 11.1 Å². The van der Waals surface area contributed by atoms with E-state index in [4.69, 9.17) is 5.73 Å². The van der Waals surface area contributed by atoms with Gasteiger partial charge in [-0.1, -0.05) is 46.5 Å². The molecule has 1 fully saturated rings. The molecule has 1 aliphatic rings. The van der Waals surface area contributed by atoms with E-state index in [1.54, 1.807) is 0 Å². The quantitative estimate of drug-likeness (QED) is 0.677. The third kappa shape index (κ3) is 3.96. The van der Waals surface area contributed by atoms with E-state index in [1.807, 2.05) is 0 Å². The van der Waals surface area contributed by atoms with Crippen LogP contribution in [-0.2, 0) is 0 Å². The molecule has 2 nitrogen and oxygen atoms in total. The molecule has 0 saturated heterocycles. The summed E-state index contributed by atoms with van der Waals surface area (Å²) in [5.41, 5.74) is 6.84. The predicted octanol–water partition coefficient (Wildman–Crippen LogP) is 3.84. The van der Waals surface area contributed by atoms with Crippen LogP contribution in [0.25, 0.3) is 0 Å². The molecular formula is C16H34N2. The van der Waals surface area contributed by atoms with Gasteiger partial charge < -0.3 is 11.1 Å². The standard InChI is InChI=1S/C16H34N2/c1-4-16(5-2,6-3)18-14-15(13-17)11-9-7-8-10-12-15/h18H,4-14,17H2,1-3H3. The van der Waals surface area contributed by atoms with Crippen LogP contribution in [0.15, 0.2) is 0 Å². The molecule has 0 radical (unpaired) electrons. The highest BCUT2D eigenvalue weighted by Crippen LogP contribution is 2.34. The van der Waals surface area contributed by atoms with Gasteiger partial charge in [0.05, 0.1) is 0 Å². The Hall–Kier alpha value is -0.0800. The molecule has 0 aromatic rings. The zero-order chi connectivity index (χ0) is 13.5. The monoisotopic (exact) mass is 254 g/mol. The first kappa shape index (κ1) is 16.0. The molecule has 3 N–H and O–H groups in total. The lowest BCUT2D eigenvalue weighted by atomic mass is 9.78. The number of nitrogens with two attached hydrogens (primary N) is 1. The minimum Gasteiger partial charge on any atom is -0.330 e. The first-order valence-corrected chi connectivity index (χ1v) is 8.11. The van der Waals surface area contributed by atoms with E-state index in [0.29, 0.717) is 11.0 Å². The molecule has 1 aliphatic carbocycles. The maximum Gasteiger partial charge on any atom is 0.0173 e. The van der Waals surface area contributed by atoms with Crippen molar-refractivity contribution >= 4 is 0 Å². The number of rotatable bonds is 7. The molecule has 0 aromatic carbocycles. The van der Waals surface area contributed by atoms with E-state index in [2.05, 4.69) is 26.1 Å². The first-order chi connectivity index (χ1) is 8.66. The minimum absolute atomic E-state index is 0.342. The van der Waals surface area contributed by atoms with Crippen LogP contribution in [0.3, 0.4) is 0 Å². The van der Waals surface area contributed by atoms with Crippen molar-refractivity contribution in [3.05, 3.63) is 0 Å². The van der Waals surface area contributed by atoms with Gasteiger partial charge in [0.1, 0.15) is 0 Å². The van der Waals surface area contributed by atoms with Crippen molar-refractivity contribution in [3.63, 3.8) is 0 Å². The zero-order valence-corrected chi connectivity index (χ0v) is 12.9. The Labute approximate surface area is 114 Å². The Bertz CT molecular complexity index is 205. The molecule has 0 spiro atoms. The van der Waals surface area contributed by atoms with Gasteiger partial charge in [0.25, 0.3) is 0 Å². The highest BCUT2D eigenvalue weighted by molar-refractivity contribution is 4.91. The Balaban J connectivity index is 2.61. The van der Waals surface area contributed by atoms with Gasteiger partial charge in [-0.2, -0.15) is 0 Å². The minimum atomic E-state index is 0.342. The van der Waals surface area contributed by atoms with Crippen LogP contribution in [0.4, 0.5) is 0 Å². The molecule has 0 heterocycles. The molecule has 18 heavy (non-hydrogen) atoms. The van der Waals surface area contributed by atoms with Gasteiger partial charge in [-0.25, -0.2) is 0 Å². The summed E-state index contributed by atoms with van der Waals surface area (Å²) >= 11 is 0. The molecule has 0 aromatic heterocycles. The van der Waals surface area contributed by atoms with E-state index < -0.39 is 0 Å². The van der Waals surface area contributed by atoms with Crippen LogP contribution in [0, 0.1) is 5.41 Å². The average Bonchev–Trinajstić information content (AvgIpc) is 2.67. The van der Waals surface area contributed by atoms with Crippen LogP contribution in [-0.4, -0.2) is 18.6 Å². The second-order valence-corrected chi connectivity index (χ2v) is 6.31. The van der Waals surface area contributed by atoms with Gasteiger partial charge in [-0.3, -0.25) is 0 Å². The largest absolute Gasteiger partial charge is 0.330 e.